The van der Waals surface area contributed by atoms with E-state index in [1.165, 1.54) is 7.11 Å². The van der Waals surface area contributed by atoms with Crippen LogP contribution in [-0.4, -0.2) is 19.6 Å². The van der Waals surface area contributed by atoms with Gasteiger partial charge in [-0.3, -0.25) is 4.79 Å². The largest absolute Gasteiger partial charge is 0.469 e. The average Bonchev–Trinajstić information content (AvgIpc) is 2.87. The van der Waals surface area contributed by atoms with E-state index in [1.54, 1.807) is 12.1 Å². The summed E-state index contributed by atoms with van der Waals surface area (Å²) in [6.45, 7) is 0.810. The van der Waals surface area contributed by atoms with E-state index in [1.807, 2.05) is 12.1 Å². The van der Waals surface area contributed by atoms with Gasteiger partial charge in [0.2, 0.25) is 0 Å². The zero-order valence-corrected chi connectivity index (χ0v) is 9.64. The highest BCUT2D eigenvalue weighted by Crippen LogP contribution is 2.30. The number of nitrogens with zero attached hydrogens (tertiary/aromatic N) is 1. The van der Waals surface area contributed by atoms with Crippen LogP contribution in [0.3, 0.4) is 0 Å². The van der Waals surface area contributed by atoms with Crippen LogP contribution in [0.25, 0.3) is 0 Å². The molecular formula is C13H14N2O2. The van der Waals surface area contributed by atoms with Gasteiger partial charge in [-0.25, -0.2) is 0 Å². The Morgan fingerprint density at radius 2 is 2.18 bits per heavy atom. The van der Waals surface area contributed by atoms with Crippen LogP contribution in [0.4, 0.5) is 0 Å². The molecule has 88 valence electrons. The fourth-order valence-corrected chi connectivity index (χ4v) is 2.22. The number of carbonyl (C=O) groups excluding carboxylic acids is 1. The maximum Gasteiger partial charge on any atom is 0.310 e. The lowest BCUT2D eigenvalue weighted by Crippen LogP contribution is -2.24. The topological polar surface area (TPSA) is 62.1 Å². The molecule has 0 radical (unpaired) electrons. The van der Waals surface area contributed by atoms with Gasteiger partial charge in [-0.1, -0.05) is 12.1 Å². The molecule has 1 N–H and O–H groups in total. The van der Waals surface area contributed by atoms with Crippen LogP contribution in [0.15, 0.2) is 24.3 Å². The summed E-state index contributed by atoms with van der Waals surface area (Å²) in [6.07, 6.45) is 0.789. The van der Waals surface area contributed by atoms with E-state index in [9.17, 15) is 4.79 Å². The molecule has 1 aromatic rings. The predicted octanol–water partition coefficient (Wildman–Crippen LogP) is 1.38. The zero-order valence-electron chi connectivity index (χ0n) is 9.64. The summed E-state index contributed by atoms with van der Waals surface area (Å²) < 4.78 is 4.80. The third kappa shape index (κ3) is 2.29. The summed E-state index contributed by atoms with van der Waals surface area (Å²) >= 11 is 0. The number of benzene rings is 1. The van der Waals surface area contributed by atoms with Crippen molar-refractivity contribution < 1.29 is 9.53 Å². The fraction of sp³-hybridized carbons (Fsp3) is 0.385. The van der Waals surface area contributed by atoms with Gasteiger partial charge in [0, 0.05) is 6.04 Å². The first-order valence-electron chi connectivity index (χ1n) is 5.57. The number of esters is 1. The number of carbonyl (C=O) groups is 1. The highest BCUT2D eigenvalue weighted by atomic mass is 16.5. The first-order valence-corrected chi connectivity index (χ1v) is 5.57. The molecule has 0 unspecified atom stereocenters. The molecule has 4 heteroatoms. The summed E-state index contributed by atoms with van der Waals surface area (Å²) in [6, 6.07) is 9.38. The maximum atomic E-state index is 11.6. The number of nitrogens with one attached hydrogen (secondary N) is 1. The van der Waals surface area contributed by atoms with E-state index in [0.717, 1.165) is 18.5 Å². The summed E-state index contributed by atoms with van der Waals surface area (Å²) in [7, 11) is 1.41. The van der Waals surface area contributed by atoms with Crippen molar-refractivity contribution in [2.24, 2.45) is 5.92 Å². The Balaban J connectivity index is 2.20. The lowest BCUT2D eigenvalue weighted by molar-refractivity contribution is -0.145. The summed E-state index contributed by atoms with van der Waals surface area (Å²) in [4.78, 5) is 11.6. The predicted molar refractivity (Wildman–Crippen MR) is 62.0 cm³/mol. The van der Waals surface area contributed by atoms with Gasteiger partial charge in [-0.2, -0.15) is 5.26 Å². The molecule has 1 aliphatic rings. The quantitative estimate of drug-likeness (QED) is 0.780. The minimum absolute atomic E-state index is 0.00445. The summed E-state index contributed by atoms with van der Waals surface area (Å²) in [5.41, 5.74) is 1.65. The lowest BCUT2D eigenvalue weighted by atomic mass is 9.94. The third-order valence-electron chi connectivity index (χ3n) is 3.12. The van der Waals surface area contributed by atoms with Crippen LogP contribution < -0.4 is 5.32 Å². The van der Waals surface area contributed by atoms with Crippen molar-refractivity contribution in [3.8, 4) is 6.07 Å². The number of hydrogen-bond acceptors (Lipinski definition) is 4. The number of methoxy groups -OCH3 is 1. The molecule has 4 nitrogen and oxygen atoms in total. The Morgan fingerprint density at radius 1 is 1.47 bits per heavy atom. The van der Waals surface area contributed by atoms with E-state index >= 15 is 0 Å². The van der Waals surface area contributed by atoms with E-state index in [4.69, 9.17) is 10.00 Å². The highest BCUT2D eigenvalue weighted by molar-refractivity contribution is 5.74. The molecular weight excluding hydrogens is 216 g/mol. The summed E-state index contributed by atoms with van der Waals surface area (Å²) in [5.74, 6) is -0.308. The van der Waals surface area contributed by atoms with Gasteiger partial charge in [0.1, 0.15) is 0 Å². The minimum atomic E-state index is -0.177. The van der Waals surface area contributed by atoms with E-state index in [2.05, 4.69) is 11.4 Å². The third-order valence-corrected chi connectivity index (χ3v) is 3.12. The standard InChI is InChI=1S/C13H14N2O2/c1-17-13(16)11-6-7-15-12(11)10-4-2-9(8-14)3-5-10/h2-5,11-12,15H,6-7H2,1H3/t11-,12+/m0/s1. The van der Waals surface area contributed by atoms with Crippen molar-refractivity contribution >= 4 is 5.97 Å². The molecule has 0 amide bonds. The molecule has 1 heterocycles. The molecule has 1 saturated heterocycles. The van der Waals surface area contributed by atoms with Crippen molar-refractivity contribution in [3.05, 3.63) is 35.4 Å². The first-order chi connectivity index (χ1) is 8.26. The van der Waals surface area contributed by atoms with Gasteiger partial charge in [0.15, 0.2) is 0 Å². The van der Waals surface area contributed by atoms with Crippen LogP contribution in [0.2, 0.25) is 0 Å². The number of nitriles is 1. The van der Waals surface area contributed by atoms with Crippen molar-refractivity contribution in [1.82, 2.24) is 5.32 Å². The van der Waals surface area contributed by atoms with Crippen LogP contribution in [0, 0.1) is 17.2 Å². The average molecular weight is 230 g/mol. The van der Waals surface area contributed by atoms with E-state index < -0.39 is 0 Å². The molecule has 0 aliphatic carbocycles. The molecule has 2 rings (SSSR count). The normalized spacial score (nSPS) is 23.1. The van der Waals surface area contributed by atoms with E-state index in [-0.39, 0.29) is 17.9 Å². The van der Waals surface area contributed by atoms with Crippen LogP contribution in [0.1, 0.15) is 23.6 Å². The molecule has 0 saturated carbocycles. The molecule has 2 atom stereocenters. The summed E-state index contributed by atoms with van der Waals surface area (Å²) in [5, 5.41) is 12.0. The van der Waals surface area contributed by atoms with Crippen LogP contribution in [-0.2, 0) is 9.53 Å². The van der Waals surface area contributed by atoms with Gasteiger partial charge in [0.05, 0.1) is 24.7 Å². The van der Waals surface area contributed by atoms with Crippen molar-refractivity contribution in [2.75, 3.05) is 13.7 Å². The van der Waals surface area contributed by atoms with Crippen molar-refractivity contribution in [3.63, 3.8) is 0 Å². The van der Waals surface area contributed by atoms with Gasteiger partial charge in [-0.15, -0.1) is 0 Å². The van der Waals surface area contributed by atoms with Gasteiger partial charge in [0.25, 0.3) is 0 Å². The lowest BCUT2D eigenvalue weighted by Gasteiger charge is -2.17. The smallest absolute Gasteiger partial charge is 0.310 e. The molecule has 0 aromatic heterocycles. The molecule has 1 aliphatic heterocycles. The molecule has 17 heavy (non-hydrogen) atoms. The van der Waals surface area contributed by atoms with E-state index in [0.29, 0.717) is 5.56 Å². The molecule has 0 spiro atoms. The SMILES string of the molecule is COC(=O)[C@H]1CCN[C@@H]1c1ccc(C#N)cc1. The highest BCUT2D eigenvalue weighted by Gasteiger charge is 2.34. The number of hydrogen-bond donors (Lipinski definition) is 1. The second kappa shape index (κ2) is 4.98. The minimum Gasteiger partial charge on any atom is -0.469 e. The Labute approximate surface area is 100 Å². The van der Waals surface area contributed by atoms with Crippen LogP contribution >= 0.6 is 0 Å². The number of rotatable bonds is 2. The first kappa shape index (κ1) is 11.6. The maximum absolute atomic E-state index is 11.6. The molecule has 0 bridgehead atoms. The second-order valence-electron chi connectivity index (χ2n) is 4.08. The van der Waals surface area contributed by atoms with Gasteiger partial charge < -0.3 is 10.1 Å². The zero-order chi connectivity index (χ0) is 12.3. The second-order valence-corrected chi connectivity index (χ2v) is 4.08. The van der Waals surface area contributed by atoms with Crippen molar-refractivity contribution in [2.45, 2.75) is 12.5 Å². The number of ether oxygens (including phenoxy) is 1. The molecule has 1 aromatic carbocycles. The van der Waals surface area contributed by atoms with Gasteiger partial charge >= 0.3 is 5.97 Å². The fourth-order valence-electron chi connectivity index (χ4n) is 2.22. The molecule has 1 fully saturated rings. The van der Waals surface area contributed by atoms with Crippen molar-refractivity contribution in [1.29, 1.82) is 5.26 Å². The Kier molecular flexibility index (Phi) is 3.40. The van der Waals surface area contributed by atoms with Gasteiger partial charge in [-0.05, 0) is 30.7 Å². The Hall–Kier alpha value is -1.86. The van der Waals surface area contributed by atoms with Crippen LogP contribution in [0.5, 0.6) is 0 Å². The Bertz CT molecular complexity index is 447. The Morgan fingerprint density at radius 3 is 2.76 bits per heavy atom. The monoisotopic (exact) mass is 230 g/mol.